The Balaban J connectivity index is 3.44. The number of aromatic nitrogens is 1. The summed E-state index contributed by atoms with van der Waals surface area (Å²) in [6.07, 6.45) is -1.97. The Morgan fingerprint density at radius 2 is 2.27 bits per heavy atom. The van der Waals surface area contributed by atoms with Gasteiger partial charge in [-0.1, -0.05) is 0 Å². The minimum atomic E-state index is -2.99. The maximum atomic E-state index is 12.5. The van der Waals surface area contributed by atoms with Crippen LogP contribution in [0.5, 0.6) is 0 Å². The van der Waals surface area contributed by atoms with Gasteiger partial charge in [-0.25, -0.2) is 8.78 Å². The first-order valence-corrected chi connectivity index (χ1v) is 4.77. The van der Waals surface area contributed by atoms with Crippen LogP contribution in [0.15, 0.2) is 6.20 Å². The average Bonchev–Trinajstić information content (AvgIpc) is 2.16. The van der Waals surface area contributed by atoms with Crippen molar-refractivity contribution in [3.8, 4) is 0 Å². The van der Waals surface area contributed by atoms with Crippen LogP contribution < -0.4 is 0 Å². The summed E-state index contributed by atoms with van der Waals surface area (Å²) in [7, 11) is 0. The molecule has 0 amide bonds. The van der Waals surface area contributed by atoms with Gasteiger partial charge in [0.2, 0.25) is 0 Å². The van der Waals surface area contributed by atoms with Crippen LogP contribution in [0.1, 0.15) is 17.6 Å². The number of hydrogen-bond donors (Lipinski definition) is 1. The minimum Gasteiger partial charge on any atom is -0.391 e. The molecule has 1 N–H and O–H groups in total. The molecule has 5 nitrogen and oxygen atoms in total. The maximum absolute atomic E-state index is 12.5. The molecule has 1 aromatic heterocycles. The molecule has 0 saturated heterocycles. The molecule has 0 unspecified atom stereocenters. The fourth-order valence-corrected chi connectivity index (χ4v) is 1.77. The van der Waals surface area contributed by atoms with Gasteiger partial charge in [0.1, 0.15) is 11.8 Å². The van der Waals surface area contributed by atoms with E-state index < -0.39 is 29.3 Å². The molecule has 0 spiro atoms. The molecular weight excluding hydrogens is 325 g/mol. The summed E-state index contributed by atoms with van der Waals surface area (Å²) in [6, 6.07) is 0. The highest BCUT2D eigenvalue weighted by atomic mass is 127. The fraction of sp³-hybridized carbons (Fsp3) is 0.286. The van der Waals surface area contributed by atoms with Crippen molar-refractivity contribution in [2.75, 3.05) is 0 Å². The van der Waals surface area contributed by atoms with Gasteiger partial charge >= 0.3 is 5.82 Å². The lowest BCUT2D eigenvalue weighted by atomic mass is 10.2. The molecule has 0 fully saturated rings. The van der Waals surface area contributed by atoms with Gasteiger partial charge in [0, 0.05) is 9.13 Å². The van der Waals surface area contributed by atoms with Crippen LogP contribution in [0.25, 0.3) is 0 Å². The number of aliphatic hydroxyl groups excluding tert-OH is 1. The van der Waals surface area contributed by atoms with Gasteiger partial charge in [-0.2, -0.15) is 0 Å². The van der Waals surface area contributed by atoms with Crippen molar-refractivity contribution >= 4 is 28.4 Å². The standard InChI is InChI=1S/C7H5F2IN2O3/c8-6(9)4-5(10)3(2-13)1-11-7(4)12(14)15/h1,6,13H,2H2. The summed E-state index contributed by atoms with van der Waals surface area (Å²) in [4.78, 5) is 12.7. The summed E-state index contributed by atoms with van der Waals surface area (Å²) < 4.78 is 25.0. The van der Waals surface area contributed by atoms with Crippen molar-refractivity contribution in [2.24, 2.45) is 0 Å². The van der Waals surface area contributed by atoms with Crippen molar-refractivity contribution in [3.05, 3.63) is 31.0 Å². The van der Waals surface area contributed by atoms with Gasteiger partial charge in [0.15, 0.2) is 0 Å². The Hall–Kier alpha value is -0.900. The summed E-state index contributed by atoms with van der Waals surface area (Å²) in [6.45, 7) is -0.483. The van der Waals surface area contributed by atoms with Crippen LogP contribution in [-0.4, -0.2) is 15.0 Å². The van der Waals surface area contributed by atoms with E-state index in [9.17, 15) is 18.9 Å². The first-order chi connectivity index (χ1) is 6.99. The molecule has 0 atom stereocenters. The van der Waals surface area contributed by atoms with Crippen molar-refractivity contribution < 1.29 is 18.8 Å². The molecule has 0 aliphatic rings. The molecule has 0 saturated carbocycles. The molecule has 0 aromatic carbocycles. The number of pyridine rings is 1. The third-order valence-electron chi connectivity index (χ3n) is 1.66. The molecule has 1 heterocycles. The number of nitro groups is 1. The predicted molar refractivity (Wildman–Crippen MR) is 54.5 cm³/mol. The molecule has 15 heavy (non-hydrogen) atoms. The quantitative estimate of drug-likeness (QED) is 0.523. The minimum absolute atomic E-state index is 0.0215. The number of halogens is 3. The van der Waals surface area contributed by atoms with Gasteiger partial charge in [-0.15, -0.1) is 0 Å². The smallest absolute Gasteiger partial charge is 0.373 e. The molecule has 0 bridgehead atoms. The van der Waals surface area contributed by atoms with Crippen molar-refractivity contribution in [2.45, 2.75) is 13.0 Å². The van der Waals surface area contributed by atoms with Crippen LogP contribution in [0.2, 0.25) is 0 Å². The number of hydrogen-bond acceptors (Lipinski definition) is 4. The van der Waals surface area contributed by atoms with Crippen molar-refractivity contribution in [1.29, 1.82) is 0 Å². The van der Waals surface area contributed by atoms with Gasteiger partial charge in [-0.3, -0.25) is 0 Å². The Morgan fingerprint density at radius 1 is 1.67 bits per heavy atom. The normalized spacial score (nSPS) is 10.7. The Kier molecular flexibility index (Phi) is 3.85. The number of alkyl halides is 2. The van der Waals surface area contributed by atoms with E-state index in [0.717, 1.165) is 6.20 Å². The molecule has 0 radical (unpaired) electrons. The zero-order valence-electron chi connectivity index (χ0n) is 7.15. The van der Waals surface area contributed by atoms with Gasteiger partial charge in [0.25, 0.3) is 6.43 Å². The van der Waals surface area contributed by atoms with Crippen LogP contribution in [0.3, 0.4) is 0 Å². The Labute approximate surface area is 96.4 Å². The third-order valence-corrected chi connectivity index (χ3v) is 2.94. The van der Waals surface area contributed by atoms with Crippen molar-refractivity contribution in [3.63, 3.8) is 0 Å². The Morgan fingerprint density at radius 3 is 2.67 bits per heavy atom. The second-order valence-corrected chi connectivity index (χ2v) is 3.63. The van der Waals surface area contributed by atoms with E-state index >= 15 is 0 Å². The third kappa shape index (κ3) is 2.37. The summed E-state index contributed by atoms with van der Waals surface area (Å²) in [5, 5.41) is 19.2. The molecule has 8 heteroatoms. The van der Waals surface area contributed by atoms with Crippen LogP contribution in [-0.2, 0) is 6.61 Å². The largest absolute Gasteiger partial charge is 0.391 e. The SMILES string of the molecule is O=[N+]([O-])c1ncc(CO)c(I)c1C(F)F. The lowest BCUT2D eigenvalue weighted by molar-refractivity contribution is -0.391. The first-order valence-electron chi connectivity index (χ1n) is 3.69. The van der Waals surface area contributed by atoms with Gasteiger partial charge in [-0.05, 0) is 32.5 Å². The number of nitrogens with zero attached hydrogens (tertiary/aromatic N) is 2. The lowest BCUT2D eigenvalue weighted by Gasteiger charge is -2.06. The van der Waals surface area contributed by atoms with E-state index in [1.165, 1.54) is 22.6 Å². The predicted octanol–water partition coefficient (Wildman–Crippen LogP) is 2.02. The second-order valence-electron chi connectivity index (χ2n) is 2.55. The van der Waals surface area contributed by atoms with Crippen LogP contribution in [0.4, 0.5) is 14.6 Å². The molecular formula is C7H5F2IN2O3. The zero-order chi connectivity index (χ0) is 11.6. The summed E-state index contributed by atoms with van der Waals surface area (Å²) in [5.41, 5.74) is -0.594. The summed E-state index contributed by atoms with van der Waals surface area (Å²) in [5.74, 6) is -0.869. The van der Waals surface area contributed by atoms with Crippen LogP contribution in [0, 0.1) is 13.7 Å². The highest BCUT2D eigenvalue weighted by molar-refractivity contribution is 14.1. The van der Waals surface area contributed by atoms with E-state index in [0.29, 0.717) is 0 Å². The second kappa shape index (κ2) is 4.75. The van der Waals surface area contributed by atoms with E-state index in [1.807, 2.05) is 0 Å². The zero-order valence-corrected chi connectivity index (χ0v) is 9.31. The van der Waals surface area contributed by atoms with E-state index in [4.69, 9.17) is 5.11 Å². The highest BCUT2D eigenvalue weighted by Crippen LogP contribution is 2.33. The van der Waals surface area contributed by atoms with E-state index in [-0.39, 0.29) is 9.13 Å². The molecule has 1 rings (SSSR count). The van der Waals surface area contributed by atoms with Crippen LogP contribution >= 0.6 is 22.6 Å². The molecule has 0 aliphatic carbocycles. The monoisotopic (exact) mass is 330 g/mol. The first kappa shape index (κ1) is 12.2. The topological polar surface area (TPSA) is 76.3 Å². The molecule has 82 valence electrons. The van der Waals surface area contributed by atoms with E-state index in [1.54, 1.807) is 0 Å². The molecule has 1 aromatic rings. The molecule has 0 aliphatic heterocycles. The summed E-state index contributed by atoms with van der Waals surface area (Å²) >= 11 is 1.53. The number of aliphatic hydroxyl groups is 1. The van der Waals surface area contributed by atoms with Gasteiger partial charge in [0.05, 0.1) is 6.61 Å². The van der Waals surface area contributed by atoms with Gasteiger partial charge < -0.3 is 15.2 Å². The fourth-order valence-electron chi connectivity index (χ4n) is 0.986. The maximum Gasteiger partial charge on any atom is 0.373 e. The highest BCUT2D eigenvalue weighted by Gasteiger charge is 2.28. The lowest BCUT2D eigenvalue weighted by Crippen LogP contribution is -2.05. The Bertz CT molecular complexity index is 400. The van der Waals surface area contributed by atoms with E-state index in [2.05, 4.69) is 4.98 Å². The van der Waals surface area contributed by atoms with Crippen molar-refractivity contribution in [1.82, 2.24) is 4.98 Å². The average molecular weight is 330 g/mol. The number of rotatable bonds is 3.